The van der Waals surface area contributed by atoms with Crippen molar-refractivity contribution in [2.24, 2.45) is 5.92 Å². The Kier molecular flexibility index (Phi) is 3.52. The fourth-order valence-corrected chi connectivity index (χ4v) is 2.23. The van der Waals surface area contributed by atoms with Gasteiger partial charge in [0.25, 0.3) is 0 Å². The van der Waals surface area contributed by atoms with Crippen molar-refractivity contribution in [2.45, 2.75) is 40.5 Å². The predicted octanol–water partition coefficient (Wildman–Crippen LogP) is 3.88. The van der Waals surface area contributed by atoms with E-state index < -0.39 is 0 Å². The number of hydrogen-bond donors (Lipinski definition) is 0. The summed E-state index contributed by atoms with van der Waals surface area (Å²) in [5.41, 5.74) is 4.98. The number of benzene rings is 1. The molecule has 1 rings (SSSR count). The minimum atomic E-state index is 0.0191. The molecule has 0 aliphatic rings. The molecule has 0 saturated carbocycles. The molecule has 0 heterocycles. The highest BCUT2D eigenvalue weighted by Gasteiger charge is 2.19. The molecule has 0 amide bonds. The summed E-state index contributed by atoms with van der Waals surface area (Å²) < 4.78 is 0. The van der Waals surface area contributed by atoms with Gasteiger partial charge in [-0.25, -0.2) is 0 Å². The van der Waals surface area contributed by atoms with Gasteiger partial charge in [0.05, 0.1) is 12.0 Å². The minimum absolute atomic E-state index is 0.0191. The van der Waals surface area contributed by atoms with Crippen LogP contribution in [0.25, 0.3) is 0 Å². The first-order chi connectivity index (χ1) is 6.97. The highest BCUT2D eigenvalue weighted by atomic mass is 14.3. The summed E-state index contributed by atoms with van der Waals surface area (Å²) in [6.45, 7) is 10.5. The Balaban J connectivity index is 3.31. The number of rotatable bonds is 2. The molecule has 1 aromatic carbocycles. The predicted molar refractivity (Wildman–Crippen MR) is 63.8 cm³/mol. The zero-order valence-corrected chi connectivity index (χ0v) is 10.3. The molecule has 0 bridgehead atoms. The molecule has 80 valence electrons. The summed E-state index contributed by atoms with van der Waals surface area (Å²) in [4.78, 5) is 0. The Morgan fingerprint density at radius 1 is 1.07 bits per heavy atom. The lowest BCUT2D eigenvalue weighted by molar-refractivity contribution is 0.582. The average molecular weight is 201 g/mol. The minimum Gasteiger partial charge on any atom is -0.198 e. The second-order valence-electron chi connectivity index (χ2n) is 4.66. The highest BCUT2D eigenvalue weighted by Crippen LogP contribution is 2.30. The molecule has 0 unspecified atom stereocenters. The second-order valence-corrected chi connectivity index (χ2v) is 4.66. The molecule has 0 spiro atoms. The second kappa shape index (κ2) is 4.49. The van der Waals surface area contributed by atoms with Crippen LogP contribution in [0.5, 0.6) is 0 Å². The Morgan fingerprint density at radius 3 is 1.87 bits per heavy atom. The van der Waals surface area contributed by atoms with Crippen LogP contribution >= 0.6 is 0 Å². The third-order valence-corrected chi connectivity index (χ3v) is 2.85. The number of hydrogen-bond acceptors (Lipinski definition) is 1. The standard InChI is InChI=1S/C14H19N/c1-9(2)13(8-15)14-11(4)6-10(3)7-12(14)5/h6-7,9,13H,1-5H3/t13-/m0/s1. The normalized spacial score (nSPS) is 12.6. The van der Waals surface area contributed by atoms with Crippen molar-refractivity contribution >= 4 is 0 Å². The van der Waals surface area contributed by atoms with Crippen LogP contribution in [0, 0.1) is 38.0 Å². The smallest absolute Gasteiger partial charge is 0.0740 e. The summed E-state index contributed by atoms with van der Waals surface area (Å²) in [5, 5.41) is 9.22. The molecule has 0 radical (unpaired) electrons. The van der Waals surface area contributed by atoms with Gasteiger partial charge in [0.2, 0.25) is 0 Å². The van der Waals surface area contributed by atoms with E-state index in [2.05, 4.69) is 52.8 Å². The molecule has 15 heavy (non-hydrogen) atoms. The molecule has 0 aromatic heterocycles. The Bertz CT molecular complexity index is 373. The SMILES string of the molecule is Cc1cc(C)c([C@@H](C#N)C(C)C)c(C)c1. The van der Waals surface area contributed by atoms with Crippen LogP contribution in [0.4, 0.5) is 0 Å². The van der Waals surface area contributed by atoms with E-state index in [1.165, 1.54) is 22.3 Å². The van der Waals surface area contributed by atoms with Crippen molar-refractivity contribution < 1.29 is 0 Å². The molecule has 0 N–H and O–H groups in total. The molecule has 0 fully saturated rings. The van der Waals surface area contributed by atoms with Crippen molar-refractivity contribution in [2.75, 3.05) is 0 Å². The van der Waals surface area contributed by atoms with Gasteiger partial charge in [-0.05, 0) is 43.4 Å². The van der Waals surface area contributed by atoms with Crippen molar-refractivity contribution in [1.82, 2.24) is 0 Å². The lowest BCUT2D eigenvalue weighted by atomic mass is 9.84. The maximum absolute atomic E-state index is 9.22. The maximum Gasteiger partial charge on any atom is 0.0740 e. The van der Waals surface area contributed by atoms with E-state index in [1.807, 2.05) is 0 Å². The highest BCUT2D eigenvalue weighted by molar-refractivity contribution is 5.42. The van der Waals surface area contributed by atoms with Crippen LogP contribution in [0.1, 0.15) is 42.0 Å². The van der Waals surface area contributed by atoms with Crippen LogP contribution in [-0.4, -0.2) is 0 Å². The first-order valence-electron chi connectivity index (χ1n) is 5.44. The largest absolute Gasteiger partial charge is 0.198 e. The van der Waals surface area contributed by atoms with Gasteiger partial charge in [-0.3, -0.25) is 0 Å². The topological polar surface area (TPSA) is 23.8 Å². The summed E-state index contributed by atoms with van der Waals surface area (Å²) in [7, 11) is 0. The van der Waals surface area contributed by atoms with E-state index in [-0.39, 0.29) is 5.92 Å². The van der Waals surface area contributed by atoms with Crippen molar-refractivity contribution in [3.63, 3.8) is 0 Å². The molecule has 0 saturated heterocycles. The summed E-state index contributed by atoms with van der Waals surface area (Å²) >= 11 is 0. The Labute approximate surface area is 92.7 Å². The van der Waals surface area contributed by atoms with Crippen LogP contribution in [-0.2, 0) is 0 Å². The lowest BCUT2D eigenvalue weighted by Crippen LogP contribution is -2.08. The van der Waals surface area contributed by atoms with Gasteiger partial charge in [-0.2, -0.15) is 5.26 Å². The van der Waals surface area contributed by atoms with Gasteiger partial charge in [0, 0.05) is 0 Å². The number of nitrogens with zero attached hydrogens (tertiary/aromatic N) is 1. The molecular formula is C14H19N. The maximum atomic E-state index is 9.22. The van der Waals surface area contributed by atoms with E-state index in [0.29, 0.717) is 5.92 Å². The van der Waals surface area contributed by atoms with Crippen LogP contribution in [0.15, 0.2) is 12.1 Å². The molecule has 1 atom stereocenters. The van der Waals surface area contributed by atoms with Crippen molar-refractivity contribution in [3.05, 3.63) is 34.4 Å². The Morgan fingerprint density at radius 2 is 1.53 bits per heavy atom. The third-order valence-electron chi connectivity index (χ3n) is 2.85. The van der Waals surface area contributed by atoms with Gasteiger partial charge in [-0.1, -0.05) is 31.5 Å². The first-order valence-corrected chi connectivity index (χ1v) is 5.44. The van der Waals surface area contributed by atoms with Gasteiger partial charge in [0.1, 0.15) is 0 Å². The van der Waals surface area contributed by atoms with Gasteiger partial charge in [0.15, 0.2) is 0 Å². The van der Waals surface area contributed by atoms with E-state index in [9.17, 15) is 5.26 Å². The molecular weight excluding hydrogens is 182 g/mol. The van der Waals surface area contributed by atoms with Crippen LogP contribution in [0.2, 0.25) is 0 Å². The first kappa shape index (κ1) is 11.8. The third kappa shape index (κ3) is 2.39. The summed E-state index contributed by atoms with van der Waals surface area (Å²) in [6.07, 6.45) is 0. The molecule has 0 aliphatic carbocycles. The fraction of sp³-hybridized carbons (Fsp3) is 0.500. The van der Waals surface area contributed by atoms with E-state index in [0.717, 1.165) is 0 Å². The monoisotopic (exact) mass is 201 g/mol. The Hall–Kier alpha value is -1.29. The van der Waals surface area contributed by atoms with E-state index >= 15 is 0 Å². The van der Waals surface area contributed by atoms with E-state index in [1.54, 1.807) is 0 Å². The molecule has 1 heteroatoms. The molecule has 1 nitrogen and oxygen atoms in total. The van der Waals surface area contributed by atoms with E-state index in [4.69, 9.17) is 0 Å². The van der Waals surface area contributed by atoms with Crippen LogP contribution < -0.4 is 0 Å². The molecule has 0 aliphatic heterocycles. The zero-order chi connectivity index (χ0) is 11.6. The average Bonchev–Trinajstić information content (AvgIpc) is 2.09. The van der Waals surface area contributed by atoms with Crippen molar-refractivity contribution in [1.29, 1.82) is 5.26 Å². The summed E-state index contributed by atoms with van der Waals surface area (Å²) in [5.74, 6) is 0.390. The van der Waals surface area contributed by atoms with Crippen molar-refractivity contribution in [3.8, 4) is 6.07 Å². The molecule has 1 aromatic rings. The number of nitriles is 1. The van der Waals surface area contributed by atoms with Gasteiger partial charge >= 0.3 is 0 Å². The number of aryl methyl sites for hydroxylation is 3. The fourth-order valence-electron chi connectivity index (χ4n) is 2.23. The summed E-state index contributed by atoms with van der Waals surface area (Å²) in [6, 6.07) is 6.74. The zero-order valence-electron chi connectivity index (χ0n) is 10.3. The van der Waals surface area contributed by atoms with Gasteiger partial charge in [-0.15, -0.1) is 0 Å². The quantitative estimate of drug-likeness (QED) is 0.712. The van der Waals surface area contributed by atoms with Crippen LogP contribution in [0.3, 0.4) is 0 Å². The van der Waals surface area contributed by atoms with Gasteiger partial charge < -0.3 is 0 Å². The lowest BCUT2D eigenvalue weighted by Gasteiger charge is -2.19.